The summed E-state index contributed by atoms with van der Waals surface area (Å²) in [4.78, 5) is 75.6. The number of hydrogen-bond acceptors (Lipinski definition) is 7. The number of carboxylic acids is 1. The molecule has 0 aromatic heterocycles. The number of phenolic OH excluding ortho intramolecular Hbond substituents is 1. The number of ketones is 1. The molecule has 0 saturated carbocycles. The SMILES string of the molecule is CC(=O)N[C@@H](Cc1ccc(O)cc1)C(=O)N[C@H](C(=O)N[C@@H](C)C(=O)NC(CC(=O)O)C(=O)C=[N+]=[N-])C(C)C. The monoisotopic (exact) mass is 532 g/mol. The molecule has 1 rings (SSSR count). The number of nitrogens with zero attached hydrogens (tertiary/aromatic N) is 2. The summed E-state index contributed by atoms with van der Waals surface area (Å²) in [5.41, 5.74) is 9.15. The third-order valence-electron chi connectivity index (χ3n) is 5.29. The van der Waals surface area contributed by atoms with E-state index in [0.29, 0.717) is 11.8 Å². The van der Waals surface area contributed by atoms with E-state index in [9.17, 15) is 33.9 Å². The van der Waals surface area contributed by atoms with E-state index >= 15 is 0 Å². The van der Waals surface area contributed by atoms with Gasteiger partial charge in [-0.2, -0.15) is 4.79 Å². The van der Waals surface area contributed by atoms with Crippen LogP contribution >= 0.6 is 0 Å². The molecule has 0 aliphatic carbocycles. The van der Waals surface area contributed by atoms with Crippen molar-refractivity contribution in [3.05, 3.63) is 35.4 Å². The second kappa shape index (κ2) is 14.9. The van der Waals surface area contributed by atoms with Crippen molar-refractivity contribution in [3.63, 3.8) is 0 Å². The highest BCUT2D eigenvalue weighted by atomic mass is 16.4. The van der Waals surface area contributed by atoms with Crippen LogP contribution in [-0.4, -0.2) is 80.8 Å². The molecule has 1 aromatic rings. The van der Waals surface area contributed by atoms with Crippen molar-refractivity contribution in [2.45, 2.75) is 64.7 Å². The van der Waals surface area contributed by atoms with Gasteiger partial charge in [-0.1, -0.05) is 26.0 Å². The maximum absolute atomic E-state index is 13.0. The summed E-state index contributed by atoms with van der Waals surface area (Å²) >= 11 is 0. The number of hydrogen-bond donors (Lipinski definition) is 6. The zero-order chi connectivity index (χ0) is 29.0. The van der Waals surface area contributed by atoms with Crippen molar-refractivity contribution >= 4 is 41.6 Å². The van der Waals surface area contributed by atoms with Gasteiger partial charge in [0.1, 0.15) is 29.9 Å². The maximum Gasteiger partial charge on any atom is 0.325 e. The van der Waals surface area contributed by atoms with Crippen LogP contribution < -0.4 is 21.3 Å². The number of carbonyl (C=O) groups excluding carboxylic acids is 5. The third-order valence-corrected chi connectivity index (χ3v) is 5.29. The Morgan fingerprint density at radius 2 is 1.50 bits per heavy atom. The normalized spacial score (nSPS) is 13.6. The Bertz CT molecular complexity index is 1100. The molecule has 14 heteroatoms. The molecular weight excluding hydrogens is 500 g/mol. The number of Topliss-reactive ketones (excluding diaryl/α,β-unsaturated/α-hetero) is 1. The van der Waals surface area contributed by atoms with E-state index in [1.165, 1.54) is 26.0 Å². The van der Waals surface area contributed by atoms with Crippen LogP contribution in [0.3, 0.4) is 0 Å². The van der Waals surface area contributed by atoms with Gasteiger partial charge in [0, 0.05) is 13.3 Å². The van der Waals surface area contributed by atoms with Crippen LogP contribution in [0.15, 0.2) is 24.3 Å². The van der Waals surface area contributed by atoms with Gasteiger partial charge in [-0.25, -0.2) is 0 Å². The molecule has 38 heavy (non-hydrogen) atoms. The van der Waals surface area contributed by atoms with Gasteiger partial charge in [0.25, 0.3) is 5.78 Å². The van der Waals surface area contributed by atoms with Gasteiger partial charge in [0.15, 0.2) is 0 Å². The predicted octanol–water partition coefficient (Wildman–Crippen LogP) is -1.09. The summed E-state index contributed by atoms with van der Waals surface area (Å²) in [5.74, 6) is -5.53. The Kier molecular flexibility index (Phi) is 12.3. The fourth-order valence-electron chi connectivity index (χ4n) is 3.32. The second-order valence-electron chi connectivity index (χ2n) is 8.89. The standard InChI is InChI=1S/C24H32N6O8/c1-12(2)21(30-23(37)18(28-14(4)31)9-15-5-7-16(32)8-6-15)24(38)27-13(3)22(36)29-17(10-20(34)35)19(33)11-26-25/h5-8,11-13,17-18,21,32H,9-10H2,1-4H3,(H,27,38)(H,28,31)(H,29,36)(H,30,37)(H,34,35)/t13-,17?,18-,21-/m0/s1. The van der Waals surface area contributed by atoms with Crippen molar-refractivity contribution < 1.29 is 43.8 Å². The lowest BCUT2D eigenvalue weighted by Crippen LogP contribution is -2.58. The maximum atomic E-state index is 13.0. The van der Waals surface area contributed by atoms with Crippen molar-refractivity contribution in [1.82, 2.24) is 21.3 Å². The minimum Gasteiger partial charge on any atom is -0.508 e. The van der Waals surface area contributed by atoms with Crippen LogP contribution in [0.4, 0.5) is 0 Å². The first kappa shape index (κ1) is 31.4. The largest absolute Gasteiger partial charge is 0.508 e. The van der Waals surface area contributed by atoms with Gasteiger partial charge in [-0.15, -0.1) is 0 Å². The number of amides is 4. The van der Waals surface area contributed by atoms with E-state index in [2.05, 4.69) is 26.1 Å². The van der Waals surface area contributed by atoms with Crippen molar-refractivity contribution in [2.24, 2.45) is 5.92 Å². The Morgan fingerprint density at radius 3 is 2.00 bits per heavy atom. The van der Waals surface area contributed by atoms with E-state index in [-0.39, 0.29) is 12.2 Å². The van der Waals surface area contributed by atoms with Crippen LogP contribution in [-0.2, 0) is 35.2 Å². The first-order valence-corrected chi connectivity index (χ1v) is 11.6. The molecule has 1 unspecified atom stereocenters. The van der Waals surface area contributed by atoms with Crippen LogP contribution in [0.1, 0.15) is 39.7 Å². The predicted molar refractivity (Wildman–Crippen MR) is 133 cm³/mol. The fourth-order valence-corrected chi connectivity index (χ4v) is 3.32. The summed E-state index contributed by atoms with van der Waals surface area (Å²) in [6, 6.07) is 1.10. The summed E-state index contributed by atoms with van der Waals surface area (Å²) in [5, 5.41) is 28.1. The zero-order valence-corrected chi connectivity index (χ0v) is 21.4. The summed E-state index contributed by atoms with van der Waals surface area (Å²) < 4.78 is 0. The van der Waals surface area contributed by atoms with Crippen molar-refractivity contribution in [2.75, 3.05) is 0 Å². The molecule has 0 saturated heterocycles. The molecule has 0 fully saturated rings. The Morgan fingerprint density at radius 1 is 0.895 bits per heavy atom. The molecule has 0 spiro atoms. The molecule has 0 aliphatic heterocycles. The minimum atomic E-state index is -1.53. The molecule has 0 heterocycles. The highest BCUT2D eigenvalue weighted by molar-refractivity contribution is 6.28. The summed E-state index contributed by atoms with van der Waals surface area (Å²) in [6.45, 7) is 5.83. The third kappa shape index (κ3) is 10.6. The fraction of sp³-hybridized carbons (Fsp3) is 0.458. The average molecular weight is 533 g/mol. The van der Waals surface area contributed by atoms with Gasteiger partial charge in [-0.05, 0) is 30.5 Å². The zero-order valence-electron chi connectivity index (χ0n) is 21.4. The molecule has 206 valence electrons. The number of aromatic hydroxyl groups is 1. The molecule has 4 amide bonds. The molecule has 1 aromatic carbocycles. The lowest BCUT2D eigenvalue weighted by atomic mass is 10.0. The van der Waals surface area contributed by atoms with Crippen LogP contribution in [0.25, 0.3) is 5.53 Å². The Labute approximate surface area is 218 Å². The molecule has 0 aliphatic rings. The van der Waals surface area contributed by atoms with Crippen LogP contribution in [0, 0.1) is 5.92 Å². The van der Waals surface area contributed by atoms with Gasteiger partial charge >= 0.3 is 12.2 Å². The summed E-state index contributed by atoms with van der Waals surface area (Å²) in [6.07, 6.45) is -0.258. The van der Waals surface area contributed by atoms with E-state index in [1.54, 1.807) is 26.0 Å². The highest BCUT2D eigenvalue weighted by Gasteiger charge is 2.32. The molecule has 4 atom stereocenters. The van der Waals surface area contributed by atoms with E-state index in [1.807, 2.05) is 0 Å². The lowest BCUT2D eigenvalue weighted by molar-refractivity contribution is -0.140. The first-order valence-electron chi connectivity index (χ1n) is 11.6. The average Bonchev–Trinajstić information content (AvgIpc) is 2.82. The molecule has 0 radical (unpaired) electrons. The summed E-state index contributed by atoms with van der Waals surface area (Å²) in [7, 11) is 0. The smallest absolute Gasteiger partial charge is 0.325 e. The molecule has 14 nitrogen and oxygen atoms in total. The lowest BCUT2D eigenvalue weighted by Gasteiger charge is -2.26. The van der Waals surface area contributed by atoms with Gasteiger partial charge < -0.3 is 37.0 Å². The Hall–Kier alpha value is -4.58. The first-order chi connectivity index (χ1) is 17.7. The van der Waals surface area contributed by atoms with Crippen molar-refractivity contribution in [1.29, 1.82) is 0 Å². The minimum absolute atomic E-state index is 0.0316. The number of carbonyl (C=O) groups is 6. The highest BCUT2D eigenvalue weighted by Crippen LogP contribution is 2.12. The van der Waals surface area contributed by atoms with Gasteiger partial charge in [-0.3, -0.25) is 28.8 Å². The van der Waals surface area contributed by atoms with Crippen molar-refractivity contribution in [3.8, 4) is 5.75 Å². The van der Waals surface area contributed by atoms with Gasteiger partial charge in [0.2, 0.25) is 23.6 Å². The van der Waals surface area contributed by atoms with Crippen LogP contribution in [0.5, 0.6) is 5.75 Å². The number of phenols is 1. The second-order valence-corrected chi connectivity index (χ2v) is 8.89. The number of nitrogens with one attached hydrogen (secondary N) is 4. The van der Waals surface area contributed by atoms with E-state index in [0.717, 1.165) is 0 Å². The Balaban J connectivity index is 2.95. The topological polar surface area (TPSA) is 227 Å². The number of rotatable bonds is 14. The molecule has 6 N–H and O–H groups in total. The van der Waals surface area contributed by atoms with Crippen LogP contribution in [0.2, 0.25) is 0 Å². The van der Waals surface area contributed by atoms with E-state index < -0.39 is 71.9 Å². The van der Waals surface area contributed by atoms with Gasteiger partial charge in [0.05, 0.1) is 6.42 Å². The van der Waals surface area contributed by atoms with E-state index in [4.69, 9.17) is 10.6 Å². The quantitative estimate of drug-likeness (QED) is 0.0978. The number of aliphatic carboxylic acids is 1. The number of carboxylic acid groups (broad SMARTS) is 1. The number of benzene rings is 1. The molecule has 0 bridgehead atoms. The molecular formula is C24H32N6O8.